The predicted molar refractivity (Wildman–Crippen MR) is 78.6 cm³/mol. The second-order valence-corrected chi connectivity index (χ2v) is 4.26. The number of aromatic nitrogens is 1. The molecule has 1 heterocycles. The lowest BCUT2D eigenvalue weighted by Crippen LogP contribution is -2.12. The topological polar surface area (TPSA) is 51.3 Å². The maximum Gasteiger partial charge on any atom is 0.131 e. The van der Waals surface area contributed by atoms with E-state index in [4.69, 9.17) is 5.73 Å². The molecule has 92 valence electrons. The smallest absolute Gasteiger partial charge is 0.131 e. The van der Waals surface area contributed by atoms with Crippen molar-refractivity contribution in [3.05, 3.63) is 72.6 Å². The molecule has 0 bridgehead atoms. The number of aliphatic imine (C=N–C) groups is 1. The molecule has 2 N–H and O–H groups in total. The first-order valence-electron chi connectivity index (χ1n) is 6.06. The molecule has 0 spiro atoms. The van der Waals surface area contributed by atoms with Crippen LogP contribution in [-0.4, -0.2) is 10.8 Å². The Balaban J connectivity index is 2.01. The summed E-state index contributed by atoms with van der Waals surface area (Å²) in [6.45, 7) is 0. The fourth-order valence-electron chi connectivity index (χ4n) is 1.97. The van der Waals surface area contributed by atoms with Gasteiger partial charge in [-0.2, -0.15) is 0 Å². The molecule has 0 saturated heterocycles. The van der Waals surface area contributed by atoms with E-state index in [-0.39, 0.29) is 0 Å². The van der Waals surface area contributed by atoms with Gasteiger partial charge in [0.25, 0.3) is 0 Å². The lowest BCUT2D eigenvalue weighted by atomic mass is 10.1. The van der Waals surface area contributed by atoms with E-state index >= 15 is 0 Å². The van der Waals surface area contributed by atoms with Crippen molar-refractivity contribution in [2.75, 3.05) is 0 Å². The summed E-state index contributed by atoms with van der Waals surface area (Å²) in [5.74, 6) is 0.498. The molecule has 0 amide bonds. The summed E-state index contributed by atoms with van der Waals surface area (Å²) >= 11 is 0. The fourth-order valence-corrected chi connectivity index (χ4v) is 1.97. The lowest BCUT2D eigenvalue weighted by molar-refractivity contribution is 1.31. The zero-order valence-corrected chi connectivity index (χ0v) is 10.3. The first-order chi connectivity index (χ1) is 9.33. The van der Waals surface area contributed by atoms with Gasteiger partial charge in [-0.3, -0.25) is 4.98 Å². The third-order valence-electron chi connectivity index (χ3n) is 2.96. The lowest BCUT2D eigenvalue weighted by Gasteiger charge is -2.02. The van der Waals surface area contributed by atoms with Crippen molar-refractivity contribution < 1.29 is 0 Å². The van der Waals surface area contributed by atoms with Crippen molar-refractivity contribution >= 4 is 22.3 Å². The molecule has 0 atom stereocenters. The average molecular weight is 247 g/mol. The minimum Gasteiger partial charge on any atom is -0.383 e. The van der Waals surface area contributed by atoms with Crippen LogP contribution in [0.5, 0.6) is 0 Å². The van der Waals surface area contributed by atoms with Gasteiger partial charge in [0.2, 0.25) is 0 Å². The molecule has 0 aliphatic carbocycles. The van der Waals surface area contributed by atoms with Crippen LogP contribution in [0.2, 0.25) is 0 Å². The summed E-state index contributed by atoms with van der Waals surface area (Å²) in [6, 6.07) is 17.9. The highest BCUT2D eigenvalue weighted by Crippen LogP contribution is 2.21. The third kappa shape index (κ3) is 2.45. The minimum absolute atomic E-state index is 0.498. The van der Waals surface area contributed by atoms with Crippen LogP contribution in [0.1, 0.15) is 5.56 Å². The number of fused-ring (bicyclic) bond motifs is 1. The Morgan fingerprint density at radius 3 is 2.42 bits per heavy atom. The van der Waals surface area contributed by atoms with Gasteiger partial charge in [0, 0.05) is 18.0 Å². The molecule has 0 radical (unpaired) electrons. The standard InChI is InChI=1S/C16H13N3/c17-16(13-7-9-18-10-8-13)19-15-6-5-12-3-1-2-4-14(12)11-15/h1-11H,(H2,17,19). The molecule has 3 heteroatoms. The van der Waals surface area contributed by atoms with Crippen molar-refractivity contribution in [1.82, 2.24) is 4.98 Å². The highest BCUT2D eigenvalue weighted by Gasteiger charge is 1.99. The first kappa shape index (κ1) is 11.4. The van der Waals surface area contributed by atoms with Gasteiger partial charge in [-0.25, -0.2) is 4.99 Å². The first-order valence-corrected chi connectivity index (χ1v) is 6.06. The van der Waals surface area contributed by atoms with Crippen LogP contribution in [0.25, 0.3) is 10.8 Å². The molecule has 1 aromatic heterocycles. The number of pyridine rings is 1. The van der Waals surface area contributed by atoms with Crippen molar-refractivity contribution in [3.8, 4) is 0 Å². The van der Waals surface area contributed by atoms with E-state index < -0.39 is 0 Å². The van der Waals surface area contributed by atoms with Crippen molar-refractivity contribution in [1.29, 1.82) is 0 Å². The normalized spacial score (nSPS) is 11.7. The zero-order chi connectivity index (χ0) is 13.1. The van der Waals surface area contributed by atoms with Crippen LogP contribution in [0.4, 0.5) is 5.69 Å². The average Bonchev–Trinajstić information content (AvgIpc) is 2.48. The monoisotopic (exact) mass is 247 g/mol. The molecule has 3 aromatic rings. The molecule has 2 aromatic carbocycles. The van der Waals surface area contributed by atoms with Crippen LogP contribution in [0.15, 0.2) is 72.0 Å². The predicted octanol–water partition coefficient (Wildman–Crippen LogP) is 3.27. The van der Waals surface area contributed by atoms with Gasteiger partial charge in [0.1, 0.15) is 5.84 Å². The van der Waals surface area contributed by atoms with Gasteiger partial charge in [0.15, 0.2) is 0 Å². The van der Waals surface area contributed by atoms with Gasteiger partial charge >= 0.3 is 0 Å². The summed E-state index contributed by atoms with van der Waals surface area (Å²) in [4.78, 5) is 8.41. The Hall–Kier alpha value is -2.68. The highest BCUT2D eigenvalue weighted by atomic mass is 14.9. The van der Waals surface area contributed by atoms with Crippen molar-refractivity contribution in [3.63, 3.8) is 0 Å². The Bertz CT molecular complexity index is 733. The molecule has 0 aliphatic rings. The third-order valence-corrected chi connectivity index (χ3v) is 2.96. The Morgan fingerprint density at radius 2 is 1.63 bits per heavy atom. The van der Waals surface area contributed by atoms with Crippen LogP contribution >= 0.6 is 0 Å². The van der Waals surface area contributed by atoms with E-state index in [1.54, 1.807) is 12.4 Å². The Morgan fingerprint density at radius 1 is 0.895 bits per heavy atom. The number of hydrogen-bond acceptors (Lipinski definition) is 2. The molecule has 3 rings (SSSR count). The SMILES string of the molecule is NC(=Nc1ccc2ccccc2c1)c1ccncc1. The van der Waals surface area contributed by atoms with E-state index in [9.17, 15) is 0 Å². The highest BCUT2D eigenvalue weighted by molar-refractivity contribution is 5.99. The maximum absolute atomic E-state index is 5.99. The second kappa shape index (κ2) is 4.90. The van der Waals surface area contributed by atoms with Crippen molar-refractivity contribution in [2.45, 2.75) is 0 Å². The Labute approximate surface area is 111 Å². The molecule has 0 saturated carbocycles. The summed E-state index contributed by atoms with van der Waals surface area (Å²) in [6.07, 6.45) is 3.41. The van der Waals surface area contributed by atoms with E-state index in [0.717, 1.165) is 16.6 Å². The summed E-state index contributed by atoms with van der Waals surface area (Å²) in [5, 5.41) is 2.36. The fraction of sp³-hybridized carbons (Fsp3) is 0. The van der Waals surface area contributed by atoms with E-state index in [0.29, 0.717) is 5.84 Å². The van der Waals surface area contributed by atoms with Crippen LogP contribution in [0.3, 0.4) is 0 Å². The molecule has 0 fully saturated rings. The van der Waals surface area contributed by atoms with E-state index in [1.807, 2.05) is 42.5 Å². The van der Waals surface area contributed by atoms with Crippen LogP contribution in [-0.2, 0) is 0 Å². The number of nitrogens with two attached hydrogens (primary N) is 1. The number of amidine groups is 1. The molecule has 19 heavy (non-hydrogen) atoms. The van der Waals surface area contributed by atoms with Crippen LogP contribution < -0.4 is 5.73 Å². The largest absolute Gasteiger partial charge is 0.383 e. The summed E-state index contributed by atoms with van der Waals surface area (Å²) < 4.78 is 0. The van der Waals surface area contributed by atoms with Crippen molar-refractivity contribution in [2.24, 2.45) is 10.7 Å². The van der Waals surface area contributed by atoms with E-state index in [2.05, 4.69) is 22.1 Å². The molecular weight excluding hydrogens is 234 g/mol. The van der Waals surface area contributed by atoms with Gasteiger partial charge in [-0.1, -0.05) is 30.3 Å². The van der Waals surface area contributed by atoms with Gasteiger partial charge in [-0.15, -0.1) is 0 Å². The Kier molecular flexibility index (Phi) is 2.94. The zero-order valence-electron chi connectivity index (χ0n) is 10.3. The quantitative estimate of drug-likeness (QED) is 0.558. The second-order valence-electron chi connectivity index (χ2n) is 4.26. The number of nitrogens with zero attached hydrogens (tertiary/aromatic N) is 2. The molecule has 0 unspecified atom stereocenters. The van der Waals surface area contributed by atoms with Crippen LogP contribution in [0, 0.1) is 0 Å². The number of benzene rings is 2. The summed E-state index contributed by atoms with van der Waals surface area (Å²) in [5.41, 5.74) is 7.73. The van der Waals surface area contributed by atoms with Gasteiger partial charge in [0.05, 0.1) is 5.69 Å². The maximum atomic E-state index is 5.99. The molecule has 3 nitrogen and oxygen atoms in total. The summed E-state index contributed by atoms with van der Waals surface area (Å²) in [7, 11) is 0. The van der Waals surface area contributed by atoms with E-state index in [1.165, 1.54) is 5.39 Å². The molecular formula is C16H13N3. The van der Waals surface area contributed by atoms with Gasteiger partial charge < -0.3 is 5.73 Å². The number of rotatable bonds is 2. The van der Waals surface area contributed by atoms with Gasteiger partial charge in [-0.05, 0) is 35.0 Å². The number of hydrogen-bond donors (Lipinski definition) is 1. The molecule has 0 aliphatic heterocycles. The minimum atomic E-state index is 0.498.